The lowest BCUT2D eigenvalue weighted by Gasteiger charge is -2.42. The summed E-state index contributed by atoms with van der Waals surface area (Å²) in [6, 6.07) is 0. The van der Waals surface area contributed by atoms with Crippen LogP contribution >= 0.6 is 0 Å². The van der Waals surface area contributed by atoms with Crippen LogP contribution < -0.4 is 0 Å². The summed E-state index contributed by atoms with van der Waals surface area (Å²) < 4.78 is 0. The van der Waals surface area contributed by atoms with Crippen molar-refractivity contribution in [2.45, 2.75) is 31.8 Å². The molecule has 0 aliphatic carbocycles. The van der Waals surface area contributed by atoms with Crippen molar-refractivity contribution in [3.63, 3.8) is 0 Å². The van der Waals surface area contributed by atoms with Crippen molar-refractivity contribution in [3.05, 3.63) is 0 Å². The van der Waals surface area contributed by atoms with Gasteiger partial charge < -0.3 is 10.2 Å². The van der Waals surface area contributed by atoms with Gasteiger partial charge >= 0.3 is 0 Å². The summed E-state index contributed by atoms with van der Waals surface area (Å²) in [7, 11) is 0. The third-order valence-corrected chi connectivity index (χ3v) is 3.60. The minimum atomic E-state index is -0.0975. The van der Waals surface area contributed by atoms with Crippen LogP contribution in [0.4, 0.5) is 0 Å². The molecule has 0 bridgehead atoms. The Morgan fingerprint density at radius 3 is 2.40 bits per heavy atom. The van der Waals surface area contributed by atoms with E-state index < -0.39 is 0 Å². The van der Waals surface area contributed by atoms with Crippen LogP contribution in [0, 0.1) is 5.92 Å². The number of piperidine rings is 2. The van der Waals surface area contributed by atoms with Crippen molar-refractivity contribution < 1.29 is 10.2 Å². The van der Waals surface area contributed by atoms with Crippen LogP contribution in [-0.4, -0.2) is 59.1 Å². The zero-order valence-corrected chi connectivity index (χ0v) is 9.31. The highest BCUT2D eigenvalue weighted by Gasteiger charge is 2.26. The van der Waals surface area contributed by atoms with Crippen LogP contribution in [0.3, 0.4) is 0 Å². The van der Waals surface area contributed by atoms with Crippen molar-refractivity contribution in [2.75, 3.05) is 32.8 Å². The summed E-state index contributed by atoms with van der Waals surface area (Å²) in [5.41, 5.74) is 0. The van der Waals surface area contributed by atoms with E-state index in [0.29, 0.717) is 12.5 Å². The molecule has 2 rings (SSSR count). The van der Waals surface area contributed by atoms with Crippen LogP contribution in [-0.2, 0) is 0 Å². The van der Waals surface area contributed by atoms with Crippen LogP contribution in [0.5, 0.6) is 0 Å². The quantitative estimate of drug-likeness (QED) is 0.682. The molecule has 0 amide bonds. The third kappa shape index (κ3) is 2.91. The monoisotopic (exact) mass is 214 g/mol. The molecular weight excluding hydrogens is 192 g/mol. The molecule has 2 fully saturated rings. The molecule has 4 nitrogen and oxygen atoms in total. The molecule has 0 saturated carbocycles. The van der Waals surface area contributed by atoms with Crippen LogP contribution in [0.25, 0.3) is 0 Å². The molecule has 2 heterocycles. The first-order valence-corrected chi connectivity index (χ1v) is 6.08. The van der Waals surface area contributed by atoms with Crippen LogP contribution in [0.15, 0.2) is 0 Å². The number of rotatable bonds is 2. The number of aliphatic hydroxyl groups excluding tert-OH is 2. The lowest BCUT2D eigenvalue weighted by molar-refractivity contribution is -0.0897. The van der Waals surface area contributed by atoms with Crippen molar-refractivity contribution in [1.82, 2.24) is 10.0 Å². The van der Waals surface area contributed by atoms with Gasteiger partial charge in [0.25, 0.3) is 0 Å². The Kier molecular flexibility index (Phi) is 3.97. The number of hydrogen-bond donors (Lipinski definition) is 2. The maximum absolute atomic E-state index is 9.44. The van der Waals surface area contributed by atoms with E-state index in [2.05, 4.69) is 10.0 Å². The highest BCUT2D eigenvalue weighted by atomic mass is 16.3. The molecule has 1 atom stereocenters. The van der Waals surface area contributed by atoms with E-state index in [1.807, 2.05) is 0 Å². The first kappa shape index (κ1) is 11.3. The standard InChI is InChI=1S/C11H22N2O2/c14-9-10-2-1-5-13(8-10)12-6-3-11(15)4-7-12/h10-11,14-15H,1-9H2. The smallest absolute Gasteiger partial charge is 0.0565 e. The molecule has 2 aliphatic rings. The van der Waals surface area contributed by atoms with E-state index in [0.717, 1.165) is 45.4 Å². The highest BCUT2D eigenvalue weighted by Crippen LogP contribution is 2.20. The van der Waals surface area contributed by atoms with E-state index in [1.54, 1.807) is 0 Å². The first-order chi connectivity index (χ1) is 7.29. The van der Waals surface area contributed by atoms with Gasteiger partial charge in [0.1, 0.15) is 0 Å². The first-order valence-electron chi connectivity index (χ1n) is 6.08. The Balaban J connectivity index is 1.82. The molecule has 15 heavy (non-hydrogen) atoms. The zero-order chi connectivity index (χ0) is 10.7. The molecule has 2 saturated heterocycles. The van der Waals surface area contributed by atoms with Gasteiger partial charge in [-0.25, -0.2) is 10.0 Å². The molecule has 2 N–H and O–H groups in total. The van der Waals surface area contributed by atoms with E-state index in [9.17, 15) is 5.11 Å². The van der Waals surface area contributed by atoms with Gasteiger partial charge in [0.05, 0.1) is 6.10 Å². The summed E-state index contributed by atoms with van der Waals surface area (Å²) in [5.74, 6) is 0.450. The average molecular weight is 214 g/mol. The second-order valence-corrected chi connectivity index (χ2v) is 4.79. The van der Waals surface area contributed by atoms with Crippen molar-refractivity contribution >= 4 is 0 Å². The molecule has 0 aromatic heterocycles. The zero-order valence-electron chi connectivity index (χ0n) is 9.31. The number of nitrogens with zero attached hydrogens (tertiary/aromatic N) is 2. The minimum Gasteiger partial charge on any atom is -0.396 e. The summed E-state index contributed by atoms with van der Waals surface area (Å²) in [6.45, 7) is 4.37. The second-order valence-electron chi connectivity index (χ2n) is 4.79. The highest BCUT2D eigenvalue weighted by molar-refractivity contribution is 4.75. The van der Waals surface area contributed by atoms with Crippen molar-refractivity contribution in [2.24, 2.45) is 5.92 Å². The Morgan fingerprint density at radius 2 is 1.73 bits per heavy atom. The van der Waals surface area contributed by atoms with Gasteiger partial charge in [-0.3, -0.25) is 0 Å². The fourth-order valence-electron chi connectivity index (χ4n) is 2.58. The summed E-state index contributed by atoms with van der Waals surface area (Å²) in [5, 5.41) is 23.3. The third-order valence-electron chi connectivity index (χ3n) is 3.60. The molecule has 0 radical (unpaired) electrons. The normalized spacial score (nSPS) is 32.0. The maximum atomic E-state index is 9.44. The molecule has 0 spiro atoms. The van der Waals surface area contributed by atoms with Gasteiger partial charge in [-0.05, 0) is 31.6 Å². The fraction of sp³-hybridized carbons (Fsp3) is 1.00. The van der Waals surface area contributed by atoms with Gasteiger partial charge in [0.2, 0.25) is 0 Å². The number of aliphatic hydroxyl groups is 2. The summed E-state index contributed by atoms with van der Waals surface area (Å²) >= 11 is 0. The predicted molar refractivity (Wildman–Crippen MR) is 58.2 cm³/mol. The summed E-state index contributed by atoms with van der Waals surface area (Å²) in [6.07, 6.45) is 4.02. The van der Waals surface area contributed by atoms with Gasteiger partial charge in [-0.1, -0.05) is 0 Å². The Bertz CT molecular complexity index is 193. The lowest BCUT2D eigenvalue weighted by Crippen LogP contribution is -2.52. The van der Waals surface area contributed by atoms with Gasteiger partial charge in [-0.2, -0.15) is 0 Å². The van der Waals surface area contributed by atoms with Gasteiger partial charge in [0.15, 0.2) is 0 Å². The molecule has 1 unspecified atom stereocenters. The fourth-order valence-corrected chi connectivity index (χ4v) is 2.58. The van der Waals surface area contributed by atoms with E-state index in [1.165, 1.54) is 6.42 Å². The van der Waals surface area contributed by atoms with Gasteiger partial charge in [-0.15, -0.1) is 0 Å². The van der Waals surface area contributed by atoms with E-state index in [-0.39, 0.29) is 6.10 Å². The molecule has 88 valence electrons. The predicted octanol–water partition coefficient (Wildman–Crippen LogP) is 0.0624. The Labute approximate surface area is 91.5 Å². The topological polar surface area (TPSA) is 46.9 Å². The summed E-state index contributed by atoms with van der Waals surface area (Å²) in [4.78, 5) is 0. The maximum Gasteiger partial charge on any atom is 0.0565 e. The van der Waals surface area contributed by atoms with Gasteiger partial charge in [0, 0.05) is 32.8 Å². The minimum absolute atomic E-state index is 0.0975. The molecule has 4 heteroatoms. The second kappa shape index (κ2) is 5.25. The van der Waals surface area contributed by atoms with Crippen LogP contribution in [0.1, 0.15) is 25.7 Å². The SMILES string of the molecule is OCC1CCCN(N2CCC(O)CC2)C1. The number of hydrogen-bond acceptors (Lipinski definition) is 4. The molecule has 0 aromatic carbocycles. The average Bonchev–Trinajstić information content (AvgIpc) is 2.30. The van der Waals surface area contributed by atoms with E-state index >= 15 is 0 Å². The Hall–Kier alpha value is -0.160. The number of hydrazine groups is 1. The van der Waals surface area contributed by atoms with Crippen LogP contribution in [0.2, 0.25) is 0 Å². The molecule has 2 aliphatic heterocycles. The van der Waals surface area contributed by atoms with E-state index in [4.69, 9.17) is 5.11 Å². The van der Waals surface area contributed by atoms with Crippen molar-refractivity contribution in [3.8, 4) is 0 Å². The molecular formula is C11H22N2O2. The lowest BCUT2D eigenvalue weighted by atomic mass is 10.00. The molecule has 0 aromatic rings. The van der Waals surface area contributed by atoms with Crippen molar-refractivity contribution in [1.29, 1.82) is 0 Å². The Morgan fingerprint density at radius 1 is 1.00 bits per heavy atom. The largest absolute Gasteiger partial charge is 0.396 e.